The van der Waals surface area contributed by atoms with E-state index in [1.54, 1.807) is 0 Å². The first-order valence-electron chi connectivity index (χ1n) is 7.14. The largest absolute Gasteiger partial charge is 0.371 e. The molecule has 0 spiro atoms. The van der Waals surface area contributed by atoms with Crippen molar-refractivity contribution in [3.05, 3.63) is 29.8 Å². The molecule has 1 saturated carbocycles. The van der Waals surface area contributed by atoms with Gasteiger partial charge >= 0.3 is 0 Å². The Labute approximate surface area is 105 Å². The molecule has 0 amide bonds. The number of hydrogen-bond acceptors (Lipinski definition) is 1. The summed E-state index contributed by atoms with van der Waals surface area (Å²) in [5.74, 6) is 2.00. The van der Waals surface area contributed by atoms with E-state index >= 15 is 0 Å². The van der Waals surface area contributed by atoms with E-state index in [0.29, 0.717) is 0 Å². The van der Waals surface area contributed by atoms with Crippen LogP contribution in [0.5, 0.6) is 0 Å². The third-order valence-electron chi connectivity index (χ3n) is 4.69. The van der Waals surface area contributed by atoms with Crippen molar-refractivity contribution in [2.75, 3.05) is 18.0 Å². The van der Waals surface area contributed by atoms with Crippen molar-refractivity contribution in [3.63, 3.8) is 0 Å². The quantitative estimate of drug-likeness (QED) is 0.703. The van der Waals surface area contributed by atoms with Crippen LogP contribution in [0.4, 0.5) is 5.69 Å². The van der Waals surface area contributed by atoms with Gasteiger partial charge in [-0.25, -0.2) is 0 Å². The Morgan fingerprint density at radius 1 is 0.941 bits per heavy atom. The van der Waals surface area contributed by atoms with Crippen molar-refractivity contribution in [1.29, 1.82) is 0 Å². The molecule has 2 unspecified atom stereocenters. The van der Waals surface area contributed by atoms with Crippen molar-refractivity contribution >= 4 is 5.69 Å². The van der Waals surface area contributed by atoms with Crippen LogP contribution in [0, 0.1) is 18.8 Å². The molecular weight excluding hydrogens is 206 g/mol. The van der Waals surface area contributed by atoms with E-state index < -0.39 is 0 Å². The Bertz CT molecular complexity index is 368. The second-order valence-corrected chi connectivity index (χ2v) is 5.87. The van der Waals surface area contributed by atoms with Crippen LogP contribution in [0.25, 0.3) is 0 Å². The molecule has 92 valence electrons. The summed E-state index contributed by atoms with van der Waals surface area (Å²) in [5, 5.41) is 0. The standard InChI is InChI=1S/C16H23N/c1-13-6-8-16(9-7-13)17-11-10-14-4-2-3-5-15(14)12-17/h6-9,14-15H,2-5,10-12H2,1H3. The number of nitrogens with zero attached hydrogens (tertiary/aromatic N) is 1. The molecule has 2 aliphatic rings. The molecule has 1 saturated heterocycles. The van der Waals surface area contributed by atoms with Gasteiger partial charge in [-0.1, -0.05) is 37.0 Å². The number of aryl methyl sites for hydroxylation is 1. The van der Waals surface area contributed by atoms with E-state index in [1.807, 2.05) is 0 Å². The lowest BCUT2D eigenvalue weighted by molar-refractivity contribution is 0.202. The van der Waals surface area contributed by atoms with Crippen LogP contribution in [0.1, 0.15) is 37.7 Å². The van der Waals surface area contributed by atoms with Gasteiger partial charge in [0.05, 0.1) is 0 Å². The van der Waals surface area contributed by atoms with Gasteiger partial charge in [-0.15, -0.1) is 0 Å². The lowest BCUT2D eigenvalue weighted by Gasteiger charge is -2.42. The Morgan fingerprint density at radius 2 is 1.65 bits per heavy atom. The van der Waals surface area contributed by atoms with Crippen LogP contribution >= 0.6 is 0 Å². The summed E-state index contributed by atoms with van der Waals surface area (Å²) >= 11 is 0. The summed E-state index contributed by atoms with van der Waals surface area (Å²) in [4.78, 5) is 2.60. The fourth-order valence-electron chi connectivity index (χ4n) is 3.59. The molecule has 17 heavy (non-hydrogen) atoms. The average molecular weight is 229 g/mol. The van der Waals surface area contributed by atoms with Gasteiger partial charge in [0, 0.05) is 18.8 Å². The van der Waals surface area contributed by atoms with Crippen molar-refractivity contribution in [2.45, 2.75) is 39.0 Å². The first kappa shape index (κ1) is 11.1. The molecule has 1 heterocycles. The Hall–Kier alpha value is -0.980. The van der Waals surface area contributed by atoms with Gasteiger partial charge < -0.3 is 4.90 Å². The zero-order chi connectivity index (χ0) is 11.7. The summed E-state index contributed by atoms with van der Waals surface area (Å²) in [7, 11) is 0. The van der Waals surface area contributed by atoms with Crippen molar-refractivity contribution in [2.24, 2.45) is 11.8 Å². The molecule has 3 rings (SSSR count). The molecule has 0 radical (unpaired) electrons. The van der Waals surface area contributed by atoms with Crippen molar-refractivity contribution < 1.29 is 0 Å². The molecule has 1 heteroatoms. The molecule has 1 aliphatic carbocycles. The zero-order valence-electron chi connectivity index (χ0n) is 10.9. The van der Waals surface area contributed by atoms with Crippen LogP contribution in [0.3, 0.4) is 0 Å². The smallest absolute Gasteiger partial charge is 0.0366 e. The van der Waals surface area contributed by atoms with E-state index in [-0.39, 0.29) is 0 Å². The molecule has 1 aromatic rings. The molecule has 0 bridgehead atoms. The predicted octanol–water partition coefficient (Wildman–Crippen LogP) is 4.01. The fraction of sp³-hybridized carbons (Fsp3) is 0.625. The number of benzene rings is 1. The van der Waals surface area contributed by atoms with E-state index in [9.17, 15) is 0 Å². The van der Waals surface area contributed by atoms with Crippen LogP contribution in [0.2, 0.25) is 0 Å². The molecule has 1 nitrogen and oxygen atoms in total. The number of fused-ring (bicyclic) bond motifs is 1. The minimum atomic E-state index is 0.971. The first-order valence-corrected chi connectivity index (χ1v) is 7.14. The highest BCUT2D eigenvalue weighted by atomic mass is 15.1. The monoisotopic (exact) mass is 229 g/mol. The Kier molecular flexibility index (Phi) is 3.09. The van der Waals surface area contributed by atoms with Gasteiger partial charge in [0.1, 0.15) is 0 Å². The third kappa shape index (κ3) is 2.34. The molecule has 1 aliphatic heterocycles. The van der Waals surface area contributed by atoms with E-state index in [0.717, 1.165) is 11.8 Å². The minimum Gasteiger partial charge on any atom is -0.371 e. The van der Waals surface area contributed by atoms with Crippen LogP contribution in [0.15, 0.2) is 24.3 Å². The maximum Gasteiger partial charge on any atom is 0.0366 e. The van der Waals surface area contributed by atoms with Gasteiger partial charge in [-0.3, -0.25) is 0 Å². The zero-order valence-corrected chi connectivity index (χ0v) is 10.9. The molecule has 0 N–H and O–H groups in total. The fourth-order valence-corrected chi connectivity index (χ4v) is 3.59. The van der Waals surface area contributed by atoms with Crippen LogP contribution in [-0.4, -0.2) is 13.1 Å². The Balaban J connectivity index is 1.71. The maximum absolute atomic E-state index is 2.60. The topological polar surface area (TPSA) is 3.24 Å². The van der Waals surface area contributed by atoms with Crippen molar-refractivity contribution in [3.8, 4) is 0 Å². The second kappa shape index (κ2) is 4.72. The number of hydrogen-bond donors (Lipinski definition) is 0. The highest BCUT2D eigenvalue weighted by Gasteiger charge is 2.30. The number of anilines is 1. The SMILES string of the molecule is Cc1ccc(N2CCC3CCCCC3C2)cc1. The van der Waals surface area contributed by atoms with E-state index in [4.69, 9.17) is 0 Å². The van der Waals surface area contributed by atoms with Crippen LogP contribution < -0.4 is 4.90 Å². The molecule has 0 aromatic heterocycles. The summed E-state index contributed by atoms with van der Waals surface area (Å²) in [6.07, 6.45) is 7.31. The van der Waals surface area contributed by atoms with Crippen LogP contribution in [-0.2, 0) is 0 Å². The summed E-state index contributed by atoms with van der Waals surface area (Å²) < 4.78 is 0. The summed E-state index contributed by atoms with van der Waals surface area (Å²) in [6.45, 7) is 4.73. The predicted molar refractivity (Wildman–Crippen MR) is 73.5 cm³/mol. The van der Waals surface area contributed by atoms with Gasteiger partial charge in [0.15, 0.2) is 0 Å². The minimum absolute atomic E-state index is 0.971. The lowest BCUT2D eigenvalue weighted by atomic mass is 9.75. The van der Waals surface area contributed by atoms with Crippen molar-refractivity contribution in [1.82, 2.24) is 0 Å². The molecule has 2 fully saturated rings. The number of piperidine rings is 1. The highest BCUT2D eigenvalue weighted by Crippen LogP contribution is 2.37. The van der Waals surface area contributed by atoms with Gasteiger partial charge in [-0.05, 0) is 43.7 Å². The average Bonchev–Trinajstić information content (AvgIpc) is 2.39. The van der Waals surface area contributed by atoms with E-state index in [1.165, 1.54) is 56.4 Å². The van der Waals surface area contributed by atoms with Gasteiger partial charge in [0.25, 0.3) is 0 Å². The first-order chi connectivity index (χ1) is 8.33. The normalized spacial score (nSPS) is 28.9. The second-order valence-electron chi connectivity index (χ2n) is 5.87. The molecule has 1 aromatic carbocycles. The Morgan fingerprint density at radius 3 is 2.41 bits per heavy atom. The molecule has 2 atom stereocenters. The third-order valence-corrected chi connectivity index (χ3v) is 4.69. The lowest BCUT2D eigenvalue weighted by Crippen LogP contribution is -2.41. The van der Waals surface area contributed by atoms with Gasteiger partial charge in [0.2, 0.25) is 0 Å². The number of rotatable bonds is 1. The summed E-state index contributed by atoms with van der Waals surface area (Å²) in [6, 6.07) is 9.06. The maximum atomic E-state index is 2.60. The van der Waals surface area contributed by atoms with Gasteiger partial charge in [-0.2, -0.15) is 0 Å². The highest BCUT2D eigenvalue weighted by molar-refractivity contribution is 5.48. The molecular formula is C16H23N. The van der Waals surface area contributed by atoms with E-state index in [2.05, 4.69) is 36.1 Å². The summed E-state index contributed by atoms with van der Waals surface area (Å²) in [5.41, 5.74) is 2.79.